The Balaban J connectivity index is 1.81. The highest BCUT2D eigenvalue weighted by Crippen LogP contribution is 2.22. The maximum absolute atomic E-state index is 11.8. The lowest BCUT2D eigenvalue weighted by atomic mass is 10.2. The number of nitrogens with one attached hydrogen (secondary N) is 1. The van der Waals surface area contributed by atoms with Crippen molar-refractivity contribution in [2.75, 3.05) is 13.2 Å². The molecule has 0 radical (unpaired) electrons. The summed E-state index contributed by atoms with van der Waals surface area (Å²) in [6.07, 6.45) is 2.12. The van der Waals surface area contributed by atoms with E-state index >= 15 is 0 Å². The molecule has 0 atom stereocenters. The van der Waals surface area contributed by atoms with Crippen molar-refractivity contribution >= 4 is 41.3 Å². The van der Waals surface area contributed by atoms with Gasteiger partial charge in [-0.05, 0) is 42.8 Å². The van der Waals surface area contributed by atoms with E-state index in [2.05, 4.69) is 10.5 Å². The highest BCUT2D eigenvalue weighted by atomic mass is 35.5. The van der Waals surface area contributed by atoms with Crippen LogP contribution in [0.15, 0.2) is 47.6 Å². The third-order valence-corrected chi connectivity index (χ3v) is 3.94. The minimum absolute atomic E-state index is 0.243. The van der Waals surface area contributed by atoms with Crippen LogP contribution in [0, 0.1) is 0 Å². The van der Waals surface area contributed by atoms with Crippen molar-refractivity contribution < 1.29 is 19.1 Å². The van der Waals surface area contributed by atoms with Gasteiger partial charge in [-0.1, -0.05) is 36.2 Å². The fourth-order valence-electron chi connectivity index (χ4n) is 1.95. The van der Waals surface area contributed by atoms with E-state index in [1.54, 1.807) is 42.5 Å². The van der Waals surface area contributed by atoms with E-state index in [-0.39, 0.29) is 6.61 Å². The molecule has 2 aromatic rings. The standard InChI is InChI=1S/C19H18Cl2N2O4/c1-2-10-26-19(25)13-6-8-14(9-7-13)27-12-18(24)23-22-11-15-16(20)4-3-5-17(15)21/h3-9,11H,2,10,12H2,1H3,(H,23,24)/b22-11+. The van der Waals surface area contributed by atoms with Crippen LogP contribution in [-0.4, -0.2) is 31.3 Å². The highest BCUT2D eigenvalue weighted by Gasteiger charge is 2.08. The molecule has 0 bridgehead atoms. The molecule has 0 aliphatic heterocycles. The molecule has 0 aliphatic carbocycles. The number of nitrogens with zero attached hydrogens (tertiary/aromatic N) is 1. The molecule has 0 saturated heterocycles. The molecule has 2 aromatic carbocycles. The fourth-order valence-corrected chi connectivity index (χ4v) is 2.44. The van der Waals surface area contributed by atoms with Gasteiger partial charge in [0, 0.05) is 5.56 Å². The van der Waals surface area contributed by atoms with Gasteiger partial charge in [0.1, 0.15) is 5.75 Å². The van der Waals surface area contributed by atoms with Crippen LogP contribution in [0.3, 0.4) is 0 Å². The Morgan fingerprint density at radius 3 is 2.41 bits per heavy atom. The molecule has 0 fully saturated rings. The minimum atomic E-state index is -0.458. The summed E-state index contributed by atoms with van der Waals surface area (Å²) < 4.78 is 10.4. The van der Waals surface area contributed by atoms with Crippen LogP contribution in [0.1, 0.15) is 29.3 Å². The third-order valence-electron chi connectivity index (χ3n) is 3.28. The van der Waals surface area contributed by atoms with Crippen LogP contribution in [0.5, 0.6) is 5.75 Å². The Morgan fingerprint density at radius 2 is 1.78 bits per heavy atom. The number of ether oxygens (including phenoxy) is 2. The summed E-state index contributed by atoms with van der Waals surface area (Å²) in [7, 11) is 0. The number of esters is 1. The van der Waals surface area contributed by atoms with Crippen molar-refractivity contribution in [2.45, 2.75) is 13.3 Å². The molecular weight excluding hydrogens is 391 g/mol. The van der Waals surface area contributed by atoms with Crippen molar-refractivity contribution in [3.8, 4) is 5.75 Å². The summed E-state index contributed by atoms with van der Waals surface area (Å²) in [4.78, 5) is 23.5. The molecule has 0 aliphatic rings. The SMILES string of the molecule is CCCOC(=O)c1ccc(OCC(=O)N/N=C/c2c(Cl)cccc2Cl)cc1. The molecule has 0 saturated carbocycles. The first-order valence-electron chi connectivity index (χ1n) is 8.17. The average Bonchev–Trinajstić information content (AvgIpc) is 2.67. The Morgan fingerprint density at radius 1 is 1.11 bits per heavy atom. The van der Waals surface area contributed by atoms with E-state index in [4.69, 9.17) is 32.7 Å². The lowest BCUT2D eigenvalue weighted by Gasteiger charge is -2.07. The van der Waals surface area contributed by atoms with Crippen LogP contribution < -0.4 is 10.2 Å². The van der Waals surface area contributed by atoms with Crippen molar-refractivity contribution in [3.63, 3.8) is 0 Å². The zero-order valence-electron chi connectivity index (χ0n) is 14.6. The summed E-state index contributed by atoms with van der Waals surface area (Å²) in [5, 5.41) is 4.66. The number of halogens is 2. The van der Waals surface area contributed by atoms with E-state index in [1.807, 2.05) is 6.92 Å². The second kappa shape index (κ2) is 10.5. The van der Waals surface area contributed by atoms with Gasteiger partial charge in [-0.2, -0.15) is 5.10 Å². The molecule has 0 unspecified atom stereocenters. The number of benzene rings is 2. The Kier molecular flexibility index (Phi) is 8.10. The van der Waals surface area contributed by atoms with Crippen LogP contribution in [0.4, 0.5) is 0 Å². The Labute approximate surface area is 167 Å². The number of amides is 1. The topological polar surface area (TPSA) is 77.0 Å². The molecule has 27 heavy (non-hydrogen) atoms. The highest BCUT2D eigenvalue weighted by molar-refractivity contribution is 6.38. The van der Waals surface area contributed by atoms with E-state index in [0.29, 0.717) is 33.5 Å². The van der Waals surface area contributed by atoms with Gasteiger partial charge < -0.3 is 9.47 Å². The number of carbonyl (C=O) groups is 2. The number of rotatable bonds is 8. The lowest BCUT2D eigenvalue weighted by Crippen LogP contribution is -2.24. The minimum Gasteiger partial charge on any atom is -0.484 e. The summed E-state index contributed by atoms with van der Waals surface area (Å²) in [6, 6.07) is 11.4. The summed E-state index contributed by atoms with van der Waals surface area (Å²) >= 11 is 12.0. The first-order chi connectivity index (χ1) is 13.0. The van der Waals surface area contributed by atoms with Crippen LogP contribution in [0.2, 0.25) is 10.0 Å². The monoisotopic (exact) mass is 408 g/mol. The van der Waals surface area contributed by atoms with E-state index < -0.39 is 11.9 Å². The molecule has 8 heteroatoms. The number of hydrazone groups is 1. The van der Waals surface area contributed by atoms with E-state index in [0.717, 1.165) is 6.42 Å². The molecule has 2 rings (SSSR count). The quantitative estimate of drug-likeness (QED) is 0.405. The molecular formula is C19H18Cl2N2O4. The van der Waals surface area contributed by atoms with Crippen molar-refractivity contribution in [2.24, 2.45) is 5.10 Å². The second-order valence-corrected chi connectivity index (χ2v) is 6.19. The predicted octanol–water partition coefficient (Wildman–Crippen LogP) is 4.09. The van der Waals surface area contributed by atoms with Gasteiger partial charge in [-0.15, -0.1) is 0 Å². The number of hydrogen-bond donors (Lipinski definition) is 1. The van der Waals surface area contributed by atoms with Gasteiger partial charge in [0.15, 0.2) is 6.61 Å². The van der Waals surface area contributed by atoms with Gasteiger partial charge >= 0.3 is 5.97 Å². The molecule has 0 heterocycles. The number of hydrogen-bond acceptors (Lipinski definition) is 5. The second-order valence-electron chi connectivity index (χ2n) is 5.38. The van der Waals surface area contributed by atoms with Crippen molar-refractivity contribution in [1.29, 1.82) is 0 Å². The fraction of sp³-hybridized carbons (Fsp3) is 0.211. The average molecular weight is 409 g/mol. The first-order valence-corrected chi connectivity index (χ1v) is 8.92. The Hall–Kier alpha value is -2.57. The van der Waals surface area contributed by atoms with Crippen LogP contribution >= 0.6 is 23.2 Å². The Bertz CT molecular complexity index is 803. The predicted molar refractivity (Wildman–Crippen MR) is 105 cm³/mol. The van der Waals surface area contributed by atoms with E-state index in [1.165, 1.54) is 6.21 Å². The van der Waals surface area contributed by atoms with Gasteiger partial charge in [-0.3, -0.25) is 4.79 Å². The van der Waals surface area contributed by atoms with Gasteiger partial charge in [0.25, 0.3) is 5.91 Å². The zero-order chi connectivity index (χ0) is 19.6. The summed E-state index contributed by atoms with van der Waals surface area (Å²) in [5.74, 6) is -0.412. The maximum atomic E-state index is 11.8. The molecule has 0 spiro atoms. The van der Waals surface area contributed by atoms with Crippen molar-refractivity contribution in [3.05, 3.63) is 63.6 Å². The van der Waals surface area contributed by atoms with Gasteiger partial charge in [0.2, 0.25) is 0 Å². The lowest BCUT2D eigenvalue weighted by molar-refractivity contribution is -0.123. The van der Waals surface area contributed by atoms with Crippen molar-refractivity contribution in [1.82, 2.24) is 5.43 Å². The zero-order valence-corrected chi connectivity index (χ0v) is 16.1. The van der Waals surface area contributed by atoms with Crippen LogP contribution in [-0.2, 0) is 9.53 Å². The molecule has 1 amide bonds. The molecule has 142 valence electrons. The third kappa shape index (κ3) is 6.58. The summed E-state index contributed by atoms with van der Waals surface area (Å²) in [6.45, 7) is 2.05. The summed E-state index contributed by atoms with van der Waals surface area (Å²) in [5.41, 5.74) is 3.25. The molecule has 6 nitrogen and oxygen atoms in total. The van der Waals surface area contributed by atoms with Gasteiger partial charge in [0.05, 0.1) is 28.4 Å². The smallest absolute Gasteiger partial charge is 0.338 e. The largest absolute Gasteiger partial charge is 0.484 e. The van der Waals surface area contributed by atoms with Gasteiger partial charge in [-0.25, -0.2) is 10.2 Å². The first kappa shape index (κ1) is 20.7. The van der Waals surface area contributed by atoms with E-state index in [9.17, 15) is 9.59 Å². The van der Waals surface area contributed by atoms with Crippen LogP contribution in [0.25, 0.3) is 0 Å². The number of carbonyl (C=O) groups excluding carboxylic acids is 2. The molecule has 0 aromatic heterocycles. The maximum Gasteiger partial charge on any atom is 0.338 e. The molecule has 1 N–H and O–H groups in total. The normalized spacial score (nSPS) is 10.6.